The number of nitrogens with one attached hydrogen (secondary N) is 2. The Morgan fingerprint density at radius 1 is 1.20 bits per heavy atom. The van der Waals surface area contributed by atoms with Gasteiger partial charge in [-0.1, -0.05) is 23.7 Å². The first-order chi connectivity index (χ1) is 17.0. The molecule has 1 aromatic carbocycles. The molecule has 35 heavy (non-hydrogen) atoms. The van der Waals surface area contributed by atoms with Crippen LogP contribution in [0.15, 0.2) is 61.6 Å². The normalized spacial score (nSPS) is 16.3. The molecule has 3 aromatic heterocycles. The van der Waals surface area contributed by atoms with Crippen molar-refractivity contribution in [3.8, 4) is 0 Å². The first-order valence-electron chi connectivity index (χ1n) is 11.9. The fourth-order valence-corrected chi connectivity index (χ4v) is 4.80. The third-order valence-corrected chi connectivity index (χ3v) is 7.04. The summed E-state index contributed by atoms with van der Waals surface area (Å²) in [4.78, 5) is 31.6. The van der Waals surface area contributed by atoms with Crippen LogP contribution in [0.4, 0.5) is 5.82 Å². The number of aromatic amines is 1. The average Bonchev–Trinajstić information content (AvgIpc) is 3.56. The molecule has 0 bridgehead atoms. The number of amides is 1. The summed E-state index contributed by atoms with van der Waals surface area (Å²) in [6, 6.07) is 9.46. The molecule has 0 aliphatic carbocycles. The van der Waals surface area contributed by atoms with E-state index in [1.807, 2.05) is 47.3 Å². The SMILES string of the molecule is NC1(C(=O)N[C@@H](CCCn2ccnc2)c2ccc(Cl)cc2)CCN(c2ncnc3[nH]ccc23)CC1. The number of carbonyl (C=O) groups is 1. The molecular weight excluding hydrogens is 464 g/mol. The zero-order valence-corrected chi connectivity index (χ0v) is 20.2. The van der Waals surface area contributed by atoms with Crippen molar-refractivity contribution < 1.29 is 4.79 Å². The quantitative estimate of drug-likeness (QED) is 0.347. The number of carbonyl (C=O) groups excluding carboxylic acids is 1. The lowest BCUT2D eigenvalue weighted by Crippen LogP contribution is -2.60. The third kappa shape index (κ3) is 5.16. The number of aromatic nitrogens is 5. The molecule has 0 unspecified atom stereocenters. The molecule has 1 saturated heterocycles. The number of fused-ring (bicyclic) bond motifs is 1. The van der Waals surface area contributed by atoms with E-state index in [-0.39, 0.29) is 11.9 Å². The van der Waals surface area contributed by atoms with Gasteiger partial charge < -0.3 is 25.5 Å². The molecule has 0 radical (unpaired) electrons. The van der Waals surface area contributed by atoms with Gasteiger partial charge in [-0.25, -0.2) is 15.0 Å². The van der Waals surface area contributed by atoms with Crippen molar-refractivity contribution in [1.29, 1.82) is 0 Å². The molecule has 5 rings (SSSR count). The number of piperidine rings is 1. The van der Waals surface area contributed by atoms with E-state index in [2.05, 4.69) is 30.2 Å². The van der Waals surface area contributed by atoms with Crippen molar-refractivity contribution in [2.24, 2.45) is 5.73 Å². The van der Waals surface area contributed by atoms with Crippen LogP contribution in [0.3, 0.4) is 0 Å². The van der Waals surface area contributed by atoms with Gasteiger partial charge >= 0.3 is 0 Å². The molecule has 1 aliphatic heterocycles. The van der Waals surface area contributed by atoms with E-state index in [4.69, 9.17) is 17.3 Å². The van der Waals surface area contributed by atoms with Gasteiger partial charge in [0.2, 0.25) is 5.91 Å². The Hall–Kier alpha value is -3.43. The number of halogens is 1. The minimum Gasteiger partial charge on any atom is -0.356 e. The molecule has 9 nitrogen and oxygen atoms in total. The summed E-state index contributed by atoms with van der Waals surface area (Å²) in [7, 11) is 0. The number of imidazole rings is 1. The van der Waals surface area contributed by atoms with E-state index in [9.17, 15) is 4.79 Å². The minimum atomic E-state index is -0.935. The van der Waals surface area contributed by atoms with Gasteiger partial charge in [-0.2, -0.15) is 0 Å². The van der Waals surface area contributed by atoms with Crippen molar-refractivity contribution in [3.63, 3.8) is 0 Å². The summed E-state index contributed by atoms with van der Waals surface area (Å²) in [5.74, 6) is 0.756. The first kappa shape index (κ1) is 23.3. The Kier molecular flexibility index (Phi) is 6.70. The lowest BCUT2D eigenvalue weighted by Gasteiger charge is -2.39. The monoisotopic (exact) mass is 492 g/mol. The Morgan fingerprint density at radius 2 is 2.00 bits per heavy atom. The van der Waals surface area contributed by atoms with Gasteiger partial charge in [0.1, 0.15) is 17.8 Å². The Balaban J connectivity index is 1.25. The van der Waals surface area contributed by atoms with Gasteiger partial charge in [0, 0.05) is 43.2 Å². The summed E-state index contributed by atoms with van der Waals surface area (Å²) in [5.41, 5.74) is 7.57. The fraction of sp³-hybridized carbons (Fsp3) is 0.360. The van der Waals surface area contributed by atoms with E-state index in [0.717, 1.165) is 41.8 Å². The van der Waals surface area contributed by atoms with Gasteiger partial charge in [-0.15, -0.1) is 0 Å². The van der Waals surface area contributed by atoms with Crippen molar-refractivity contribution in [3.05, 3.63) is 72.2 Å². The molecule has 182 valence electrons. The number of rotatable bonds is 8. The van der Waals surface area contributed by atoms with E-state index in [1.54, 1.807) is 18.9 Å². The highest BCUT2D eigenvalue weighted by atomic mass is 35.5. The predicted octanol–water partition coefficient (Wildman–Crippen LogP) is 3.44. The molecule has 1 amide bonds. The number of anilines is 1. The Bertz CT molecular complexity index is 1260. The highest BCUT2D eigenvalue weighted by Crippen LogP contribution is 2.29. The summed E-state index contributed by atoms with van der Waals surface area (Å²) in [6.45, 7) is 2.12. The minimum absolute atomic E-state index is 0.116. The van der Waals surface area contributed by atoms with E-state index in [0.29, 0.717) is 31.0 Å². The molecule has 4 aromatic rings. The molecule has 4 heterocycles. The average molecular weight is 493 g/mol. The standard InChI is InChI=1S/C25H29ClN8O/c26-19-5-3-18(4-6-19)21(2-1-12-33-15-11-28-17-33)32-24(35)25(27)8-13-34(14-9-25)23-20-7-10-29-22(20)30-16-31-23/h3-7,10-11,15-17,21H,1-2,8-9,12-14,27H2,(H,32,35)(H,29,30,31)/t21-/m0/s1. The predicted molar refractivity (Wildman–Crippen MR) is 136 cm³/mol. The van der Waals surface area contributed by atoms with Crippen molar-refractivity contribution >= 4 is 34.4 Å². The number of H-pyrrole nitrogens is 1. The van der Waals surface area contributed by atoms with Crippen molar-refractivity contribution in [2.45, 2.75) is 43.8 Å². The summed E-state index contributed by atoms with van der Waals surface area (Å²) >= 11 is 6.10. The van der Waals surface area contributed by atoms with Gasteiger partial charge in [0.25, 0.3) is 0 Å². The van der Waals surface area contributed by atoms with E-state index >= 15 is 0 Å². The molecule has 1 atom stereocenters. The second kappa shape index (κ2) is 10.1. The molecular formula is C25H29ClN8O. The number of aryl methyl sites for hydroxylation is 1. The van der Waals surface area contributed by atoms with Gasteiger partial charge in [0.05, 0.1) is 23.3 Å². The third-order valence-electron chi connectivity index (χ3n) is 6.79. The molecule has 1 fully saturated rings. The smallest absolute Gasteiger partial charge is 0.240 e. The van der Waals surface area contributed by atoms with Crippen LogP contribution in [0, 0.1) is 0 Å². The zero-order valence-electron chi connectivity index (χ0n) is 19.4. The van der Waals surface area contributed by atoms with Crippen LogP contribution < -0.4 is 16.0 Å². The molecule has 0 saturated carbocycles. The molecule has 10 heteroatoms. The highest BCUT2D eigenvalue weighted by molar-refractivity contribution is 6.30. The summed E-state index contributed by atoms with van der Waals surface area (Å²) in [5, 5.41) is 4.88. The van der Waals surface area contributed by atoms with Gasteiger partial charge in [0.15, 0.2) is 0 Å². The van der Waals surface area contributed by atoms with Crippen molar-refractivity contribution in [1.82, 2.24) is 29.8 Å². The molecule has 1 aliphatic rings. The summed E-state index contributed by atoms with van der Waals surface area (Å²) < 4.78 is 2.04. The lowest BCUT2D eigenvalue weighted by molar-refractivity contribution is -0.128. The van der Waals surface area contributed by atoms with E-state index in [1.165, 1.54) is 0 Å². The van der Waals surface area contributed by atoms with E-state index < -0.39 is 5.54 Å². The Labute approximate surface area is 208 Å². The van der Waals surface area contributed by atoms with Gasteiger partial charge in [-0.3, -0.25) is 4.79 Å². The molecule has 0 spiro atoms. The van der Waals surface area contributed by atoms with Crippen LogP contribution in [-0.2, 0) is 11.3 Å². The van der Waals surface area contributed by atoms with Crippen LogP contribution in [-0.4, -0.2) is 49.0 Å². The lowest BCUT2D eigenvalue weighted by atomic mass is 9.86. The maximum Gasteiger partial charge on any atom is 0.240 e. The number of benzene rings is 1. The highest BCUT2D eigenvalue weighted by Gasteiger charge is 2.39. The first-order valence-corrected chi connectivity index (χ1v) is 12.2. The fourth-order valence-electron chi connectivity index (χ4n) is 4.67. The molecule has 4 N–H and O–H groups in total. The van der Waals surface area contributed by atoms with Crippen LogP contribution in [0.1, 0.15) is 37.3 Å². The maximum atomic E-state index is 13.5. The van der Waals surface area contributed by atoms with Crippen LogP contribution in [0.5, 0.6) is 0 Å². The second-order valence-electron chi connectivity index (χ2n) is 9.10. The largest absolute Gasteiger partial charge is 0.356 e. The van der Waals surface area contributed by atoms with Crippen molar-refractivity contribution in [2.75, 3.05) is 18.0 Å². The Morgan fingerprint density at radius 3 is 2.74 bits per heavy atom. The van der Waals surface area contributed by atoms with Crippen LogP contribution in [0.2, 0.25) is 5.02 Å². The second-order valence-corrected chi connectivity index (χ2v) is 9.54. The van der Waals surface area contributed by atoms with Gasteiger partial charge in [-0.05, 0) is 49.4 Å². The van der Waals surface area contributed by atoms with Crippen LogP contribution in [0.25, 0.3) is 11.0 Å². The number of hydrogen-bond donors (Lipinski definition) is 3. The zero-order chi connectivity index (χ0) is 24.3. The maximum absolute atomic E-state index is 13.5. The number of nitrogens with zero attached hydrogens (tertiary/aromatic N) is 5. The topological polar surface area (TPSA) is 118 Å². The number of hydrogen-bond acceptors (Lipinski definition) is 6. The summed E-state index contributed by atoms with van der Waals surface area (Å²) in [6.07, 6.45) is 11.7. The number of nitrogens with two attached hydrogens (primary N) is 1. The van der Waals surface area contributed by atoms with Crippen LogP contribution >= 0.6 is 11.6 Å².